The Hall–Kier alpha value is -3.83. The number of hydrogen-bond acceptors (Lipinski definition) is 6. The van der Waals surface area contributed by atoms with Crippen LogP contribution in [0.2, 0.25) is 0 Å². The largest absolute Gasteiger partial charge is 0.457 e. The van der Waals surface area contributed by atoms with E-state index in [1.807, 2.05) is 30.3 Å². The molecule has 2 rings (SSSR count). The lowest BCUT2D eigenvalue weighted by molar-refractivity contribution is -0.112. The van der Waals surface area contributed by atoms with Gasteiger partial charge in [-0.15, -0.1) is 0 Å². The van der Waals surface area contributed by atoms with Gasteiger partial charge in [0.05, 0.1) is 6.61 Å². The van der Waals surface area contributed by atoms with Crippen LogP contribution >= 0.6 is 0 Å². The molecule has 0 bridgehead atoms. The summed E-state index contributed by atoms with van der Waals surface area (Å²) in [6, 6.07) is 17.7. The molecule has 0 atom stereocenters. The molecule has 29 heavy (non-hydrogen) atoms. The van der Waals surface area contributed by atoms with Gasteiger partial charge in [-0.3, -0.25) is 9.69 Å². The number of carbonyl (C=O) groups is 2. The summed E-state index contributed by atoms with van der Waals surface area (Å²) in [5, 5.41) is 11.9. The second kappa shape index (κ2) is 11.1. The van der Waals surface area contributed by atoms with Crippen LogP contribution < -0.4 is 15.8 Å². The standard InChI is InChI=1S/C21H22N4O4/c1-2-28-21(27)25(13-12-22)15-16(14-23)20(26)24-17-8-10-19(11-9-17)29-18-6-4-3-5-7-18/h3-11,15H,2,12-13,22H2,1H3,(H,24,26)/b16-15-. The predicted octanol–water partition coefficient (Wildman–Crippen LogP) is 3.24. The van der Waals surface area contributed by atoms with E-state index in [4.69, 9.17) is 15.2 Å². The maximum absolute atomic E-state index is 12.4. The summed E-state index contributed by atoms with van der Waals surface area (Å²) >= 11 is 0. The van der Waals surface area contributed by atoms with E-state index in [9.17, 15) is 14.9 Å². The summed E-state index contributed by atoms with van der Waals surface area (Å²) in [5.74, 6) is 0.634. The minimum absolute atomic E-state index is 0.114. The first-order valence-corrected chi connectivity index (χ1v) is 8.97. The lowest BCUT2D eigenvalue weighted by Crippen LogP contribution is -2.32. The van der Waals surface area contributed by atoms with Gasteiger partial charge in [-0.05, 0) is 43.3 Å². The van der Waals surface area contributed by atoms with Gasteiger partial charge in [-0.2, -0.15) is 5.26 Å². The van der Waals surface area contributed by atoms with E-state index in [0.717, 1.165) is 11.1 Å². The molecule has 150 valence electrons. The number of rotatable bonds is 8. The third kappa shape index (κ3) is 6.68. The van der Waals surface area contributed by atoms with Crippen molar-refractivity contribution in [2.45, 2.75) is 6.92 Å². The second-order valence-corrected chi connectivity index (χ2v) is 5.73. The van der Waals surface area contributed by atoms with Crippen LogP contribution in [-0.2, 0) is 9.53 Å². The number of nitriles is 1. The van der Waals surface area contributed by atoms with Gasteiger partial charge in [0, 0.05) is 25.0 Å². The minimum atomic E-state index is -0.680. The van der Waals surface area contributed by atoms with E-state index >= 15 is 0 Å². The lowest BCUT2D eigenvalue weighted by Gasteiger charge is -2.17. The molecule has 0 saturated heterocycles. The van der Waals surface area contributed by atoms with E-state index in [2.05, 4.69) is 5.32 Å². The van der Waals surface area contributed by atoms with E-state index < -0.39 is 12.0 Å². The van der Waals surface area contributed by atoms with Crippen molar-refractivity contribution in [2.24, 2.45) is 5.73 Å². The fourth-order valence-corrected chi connectivity index (χ4v) is 2.28. The number of carbonyl (C=O) groups excluding carboxylic acids is 2. The number of amides is 2. The number of nitrogens with one attached hydrogen (secondary N) is 1. The molecule has 8 heteroatoms. The summed E-state index contributed by atoms with van der Waals surface area (Å²) < 4.78 is 10.6. The topological polar surface area (TPSA) is 118 Å². The lowest BCUT2D eigenvalue weighted by atomic mass is 10.2. The second-order valence-electron chi connectivity index (χ2n) is 5.73. The molecule has 0 saturated carbocycles. The van der Waals surface area contributed by atoms with Crippen LogP contribution in [-0.4, -0.2) is 36.6 Å². The van der Waals surface area contributed by atoms with Gasteiger partial charge in [-0.1, -0.05) is 18.2 Å². The monoisotopic (exact) mass is 394 g/mol. The highest BCUT2D eigenvalue weighted by atomic mass is 16.6. The predicted molar refractivity (Wildman–Crippen MR) is 108 cm³/mol. The number of hydrogen-bond donors (Lipinski definition) is 2. The first-order valence-electron chi connectivity index (χ1n) is 8.97. The van der Waals surface area contributed by atoms with E-state index in [1.165, 1.54) is 0 Å². The molecular formula is C21H22N4O4. The zero-order valence-electron chi connectivity index (χ0n) is 16.0. The minimum Gasteiger partial charge on any atom is -0.457 e. The van der Waals surface area contributed by atoms with Crippen molar-refractivity contribution in [1.29, 1.82) is 5.26 Å². The fourth-order valence-electron chi connectivity index (χ4n) is 2.28. The van der Waals surface area contributed by atoms with Crippen LogP contribution in [0.4, 0.5) is 10.5 Å². The Bertz CT molecular complexity index is 889. The Kier molecular flexibility index (Phi) is 8.23. The zero-order chi connectivity index (χ0) is 21.1. The molecule has 2 aromatic carbocycles. The quantitative estimate of drug-likeness (QED) is 0.524. The van der Waals surface area contributed by atoms with Gasteiger partial charge in [0.25, 0.3) is 5.91 Å². The molecule has 0 aliphatic rings. The van der Waals surface area contributed by atoms with Crippen molar-refractivity contribution < 1.29 is 19.1 Å². The van der Waals surface area contributed by atoms with Crippen molar-refractivity contribution >= 4 is 17.7 Å². The van der Waals surface area contributed by atoms with Gasteiger partial charge in [0.2, 0.25) is 0 Å². The van der Waals surface area contributed by atoms with Gasteiger partial charge in [-0.25, -0.2) is 4.79 Å². The fraction of sp³-hybridized carbons (Fsp3) is 0.190. The van der Waals surface area contributed by atoms with Crippen LogP contribution in [0, 0.1) is 11.3 Å². The summed E-state index contributed by atoms with van der Waals surface area (Å²) in [7, 11) is 0. The highest BCUT2D eigenvalue weighted by Gasteiger charge is 2.16. The van der Waals surface area contributed by atoms with Crippen molar-refractivity contribution in [3.63, 3.8) is 0 Å². The molecule has 2 amide bonds. The summed E-state index contributed by atoms with van der Waals surface area (Å²) in [5.41, 5.74) is 5.69. The van der Waals surface area contributed by atoms with Crippen molar-refractivity contribution in [3.8, 4) is 17.6 Å². The van der Waals surface area contributed by atoms with Crippen LogP contribution in [0.3, 0.4) is 0 Å². The normalized spacial score (nSPS) is 10.6. The van der Waals surface area contributed by atoms with Crippen LogP contribution in [0.25, 0.3) is 0 Å². The molecule has 0 heterocycles. The number of benzene rings is 2. The molecule has 2 aromatic rings. The molecule has 8 nitrogen and oxygen atoms in total. The van der Waals surface area contributed by atoms with Crippen LogP contribution in [0.1, 0.15) is 6.92 Å². The third-order valence-corrected chi connectivity index (χ3v) is 3.61. The van der Waals surface area contributed by atoms with Crippen molar-refractivity contribution in [3.05, 3.63) is 66.4 Å². The van der Waals surface area contributed by atoms with Gasteiger partial charge in [0.15, 0.2) is 0 Å². The first kappa shape index (κ1) is 21.5. The van der Waals surface area contributed by atoms with E-state index in [-0.39, 0.29) is 25.3 Å². The highest BCUT2D eigenvalue weighted by Crippen LogP contribution is 2.22. The molecule has 0 aromatic heterocycles. The molecule has 0 spiro atoms. The third-order valence-electron chi connectivity index (χ3n) is 3.61. The van der Waals surface area contributed by atoms with Crippen molar-refractivity contribution in [1.82, 2.24) is 4.90 Å². The molecule has 0 aliphatic carbocycles. The maximum atomic E-state index is 12.4. The van der Waals surface area contributed by atoms with Gasteiger partial charge >= 0.3 is 6.09 Å². The van der Waals surface area contributed by atoms with Crippen molar-refractivity contribution in [2.75, 3.05) is 25.0 Å². The molecule has 0 fully saturated rings. The number of ether oxygens (including phenoxy) is 2. The Morgan fingerprint density at radius 1 is 1.14 bits per heavy atom. The van der Waals surface area contributed by atoms with Gasteiger partial charge < -0.3 is 20.5 Å². The first-order chi connectivity index (χ1) is 14.1. The molecule has 0 radical (unpaired) electrons. The van der Waals surface area contributed by atoms with E-state index in [1.54, 1.807) is 37.3 Å². The maximum Gasteiger partial charge on any atom is 0.413 e. The number of para-hydroxylation sites is 1. The number of nitrogens with two attached hydrogens (primary N) is 1. The number of nitrogens with zero attached hydrogens (tertiary/aromatic N) is 2. The Labute approximate surface area is 169 Å². The zero-order valence-corrected chi connectivity index (χ0v) is 16.0. The summed E-state index contributed by atoms with van der Waals surface area (Å²) in [6.07, 6.45) is 0.452. The van der Waals surface area contributed by atoms with Crippen LogP contribution in [0.5, 0.6) is 11.5 Å². The molecular weight excluding hydrogens is 372 g/mol. The summed E-state index contributed by atoms with van der Waals surface area (Å²) in [6.45, 7) is 2.09. The number of anilines is 1. The summed E-state index contributed by atoms with van der Waals surface area (Å²) in [4.78, 5) is 25.4. The SMILES string of the molecule is CCOC(=O)N(/C=C(/C#N)C(=O)Nc1ccc(Oc2ccccc2)cc1)CCN. The molecule has 0 aliphatic heterocycles. The smallest absolute Gasteiger partial charge is 0.413 e. The Morgan fingerprint density at radius 3 is 2.38 bits per heavy atom. The highest BCUT2D eigenvalue weighted by molar-refractivity contribution is 6.06. The van der Waals surface area contributed by atoms with Gasteiger partial charge in [0.1, 0.15) is 23.1 Å². The van der Waals surface area contributed by atoms with Crippen LogP contribution in [0.15, 0.2) is 66.4 Å². The molecule has 3 N–H and O–H groups in total. The molecule has 0 unspecified atom stereocenters. The average molecular weight is 394 g/mol. The Morgan fingerprint density at radius 2 is 1.79 bits per heavy atom. The Balaban J connectivity index is 2.06. The average Bonchev–Trinajstić information content (AvgIpc) is 2.73. The van der Waals surface area contributed by atoms with E-state index in [0.29, 0.717) is 17.2 Å².